The first-order valence-electron chi connectivity index (χ1n) is 4.84. The zero-order valence-corrected chi connectivity index (χ0v) is 8.23. The first-order chi connectivity index (χ1) is 6.51. The highest BCUT2D eigenvalue weighted by Crippen LogP contribution is 2.21. The fourth-order valence-corrected chi connectivity index (χ4v) is 1.80. The number of hydrogen-bond donors (Lipinski definition) is 1. The first kappa shape index (κ1) is 11.8. The van der Waals surface area contributed by atoms with Crippen molar-refractivity contribution in [3.63, 3.8) is 0 Å². The van der Waals surface area contributed by atoms with E-state index in [1.54, 1.807) is 7.11 Å². The molecule has 0 aromatic carbocycles. The van der Waals surface area contributed by atoms with Crippen LogP contribution in [0, 0.1) is 0 Å². The molecule has 0 spiro atoms. The molecule has 0 radical (unpaired) electrons. The molecule has 1 aliphatic carbocycles. The summed E-state index contributed by atoms with van der Waals surface area (Å²) >= 11 is 0. The van der Waals surface area contributed by atoms with Crippen LogP contribution in [0.3, 0.4) is 0 Å². The van der Waals surface area contributed by atoms with E-state index in [4.69, 9.17) is 4.74 Å². The van der Waals surface area contributed by atoms with E-state index in [1.165, 1.54) is 0 Å². The van der Waals surface area contributed by atoms with Crippen molar-refractivity contribution in [1.82, 2.24) is 5.32 Å². The van der Waals surface area contributed by atoms with Crippen LogP contribution >= 0.6 is 0 Å². The third-order valence-corrected chi connectivity index (χ3v) is 2.55. The maximum absolute atomic E-state index is 11.9. The molecule has 0 aromatic heterocycles. The van der Waals surface area contributed by atoms with Crippen molar-refractivity contribution in [2.24, 2.45) is 0 Å². The summed E-state index contributed by atoms with van der Waals surface area (Å²) in [6, 6.07) is -0.0460. The van der Waals surface area contributed by atoms with Gasteiger partial charge < -0.3 is 10.1 Å². The SMILES string of the molecule is COC1CCCC(NCC(F)(F)F)C1. The molecule has 0 heterocycles. The van der Waals surface area contributed by atoms with Crippen LogP contribution in [0.25, 0.3) is 0 Å². The summed E-state index contributed by atoms with van der Waals surface area (Å²) in [6.07, 6.45) is -0.591. The van der Waals surface area contributed by atoms with Gasteiger partial charge in [0.1, 0.15) is 0 Å². The number of nitrogens with one attached hydrogen (secondary N) is 1. The van der Waals surface area contributed by atoms with Crippen molar-refractivity contribution in [2.45, 2.75) is 44.0 Å². The van der Waals surface area contributed by atoms with E-state index < -0.39 is 12.7 Å². The molecular formula is C9H16F3NO. The Hall–Kier alpha value is -0.290. The van der Waals surface area contributed by atoms with E-state index in [0.29, 0.717) is 6.42 Å². The predicted octanol–water partition coefficient (Wildman–Crippen LogP) is 2.10. The summed E-state index contributed by atoms with van der Waals surface area (Å²) in [7, 11) is 1.61. The fourth-order valence-electron chi connectivity index (χ4n) is 1.80. The van der Waals surface area contributed by atoms with Crippen LogP contribution in [0.15, 0.2) is 0 Å². The first-order valence-corrected chi connectivity index (χ1v) is 4.84. The molecule has 0 saturated heterocycles. The Morgan fingerprint density at radius 2 is 2.07 bits per heavy atom. The highest BCUT2D eigenvalue weighted by molar-refractivity contribution is 4.78. The zero-order valence-electron chi connectivity index (χ0n) is 8.23. The molecule has 0 amide bonds. The summed E-state index contributed by atoms with van der Waals surface area (Å²) < 4.78 is 40.8. The van der Waals surface area contributed by atoms with Gasteiger partial charge in [-0.1, -0.05) is 0 Å². The van der Waals surface area contributed by atoms with Crippen molar-refractivity contribution in [3.05, 3.63) is 0 Å². The van der Waals surface area contributed by atoms with Gasteiger partial charge in [-0.3, -0.25) is 0 Å². The molecule has 2 atom stereocenters. The van der Waals surface area contributed by atoms with Gasteiger partial charge in [0.05, 0.1) is 12.6 Å². The third-order valence-electron chi connectivity index (χ3n) is 2.55. The average Bonchev–Trinajstić information content (AvgIpc) is 2.14. The number of halogens is 3. The second kappa shape index (κ2) is 4.98. The lowest BCUT2D eigenvalue weighted by Crippen LogP contribution is -2.41. The lowest BCUT2D eigenvalue weighted by molar-refractivity contribution is -0.127. The van der Waals surface area contributed by atoms with E-state index in [2.05, 4.69) is 5.32 Å². The van der Waals surface area contributed by atoms with Crippen molar-refractivity contribution in [3.8, 4) is 0 Å². The number of hydrogen-bond acceptors (Lipinski definition) is 2. The van der Waals surface area contributed by atoms with E-state index in [0.717, 1.165) is 19.3 Å². The predicted molar refractivity (Wildman–Crippen MR) is 47.1 cm³/mol. The molecule has 2 nitrogen and oxygen atoms in total. The zero-order chi connectivity index (χ0) is 10.6. The molecule has 1 saturated carbocycles. The van der Waals surface area contributed by atoms with Gasteiger partial charge in [-0.25, -0.2) is 0 Å². The summed E-state index contributed by atoms with van der Waals surface area (Å²) in [6.45, 7) is -0.895. The van der Waals surface area contributed by atoms with Gasteiger partial charge in [-0.2, -0.15) is 13.2 Å². The van der Waals surface area contributed by atoms with Crippen LogP contribution in [0.2, 0.25) is 0 Å². The second-order valence-electron chi connectivity index (χ2n) is 3.72. The van der Waals surface area contributed by atoms with Gasteiger partial charge >= 0.3 is 6.18 Å². The minimum absolute atomic E-state index is 0.0460. The molecular weight excluding hydrogens is 195 g/mol. The van der Waals surface area contributed by atoms with Crippen LogP contribution in [0.5, 0.6) is 0 Å². The monoisotopic (exact) mass is 211 g/mol. The minimum Gasteiger partial charge on any atom is -0.381 e. The normalized spacial score (nSPS) is 29.1. The number of methoxy groups -OCH3 is 1. The smallest absolute Gasteiger partial charge is 0.381 e. The van der Waals surface area contributed by atoms with Crippen LogP contribution in [-0.4, -0.2) is 32.0 Å². The van der Waals surface area contributed by atoms with Crippen LogP contribution < -0.4 is 5.32 Å². The molecule has 14 heavy (non-hydrogen) atoms. The Bertz CT molecular complexity index is 172. The largest absolute Gasteiger partial charge is 0.401 e. The molecule has 1 N–H and O–H groups in total. The van der Waals surface area contributed by atoms with Gasteiger partial charge in [0.25, 0.3) is 0 Å². The Balaban J connectivity index is 2.24. The van der Waals surface area contributed by atoms with Gasteiger partial charge in [-0.05, 0) is 25.7 Å². The average molecular weight is 211 g/mol. The van der Waals surface area contributed by atoms with Gasteiger partial charge in [0.2, 0.25) is 0 Å². The number of rotatable bonds is 3. The quantitative estimate of drug-likeness (QED) is 0.771. The molecule has 1 fully saturated rings. The Morgan fingerprint density at radius 3 is 2.64 bits per heavy atom. The Labute approximate surface area is 81.8 Å². The highest BCUT2D eigenvalue weighted by Gasteiger charge is 2.29. The molecule has 0 aliphatic heterocycles. The number of ether oxygens (including phenoxy) is 1. The summed E-state index contributed by atoms with van der Waals surface area (Å²) in [5, 5.41) is 2.52. The lowest BCUT2D eigenvalue weighted by Gasteiger charge is -2.29. The van der Waals surface area contributed by atoms with Crippen LogP contribution in [0.4, 0.5) is 13.2 Å². The summed E-state index contributed by atoms with van der Waals surface area (Å²) in [4.78, 5) is 0. The van der Waals surface area contributed by atoms with Gasteiger partial charge in [0, 0.05) is 13.2 Å². The lowest BCUT2D eigenvalue weighted by atomic mass is 9.93. The molecule has 84 valence electrons. The van der Waals surface area contributed by atoms with Crippen LogP contribution in [0.1, 0.15) is 25.7 Å². The van der Waals surface area contributed by atoms with Gasteiger partial charge in [0.15, 0.2) is 0 Å². The van der Waals surface area contributed by atoms with E-state index in [1.807, 2.05) is 0 Å². The van der Waals surface area contributed by atoms with Crippen molar-refractivity contribution < 1.29 is 17.9 Å². The Morgan fingerprint density at radius 1 is 1.36 bits per heavy atom. The van der Waals surface area contributed by atoms with Crippen molar-refractivity contribution in [2.75, 3.05) is 13.7 Å². The number of alkyl halides is 3. The second-order valence-corrected chi connectivity index (χ2v) is 3.72. The highest BCUT2D eigenvalue weighted by atomic mass is 19.4. The summed E-state index contributed by atoms with van der Waals surface area (Å²) in [5.74, 6) is 0. The van der Waals surface area contributed by atoms with Crippen LogP contribution in [-0.2, 0) is 4.74 Å². The maximum atomic E-state index is 11.9. The third kappa shape index (κ3) is 4.28. The summed E-state index contributed by atoms with van der Waals surface area (Å²) in [5.41, 5.74) is 0. The molecule has 2 unspecified atom stereocenters. The molecule has 1 rings (SSSR count). The van der Waals surface area contributed by atoms with Crippen molar-refractivity contribution in [1.29, 1.82) is 0 Å². The molecule has 0 bridgehead atoms. The molecule has 0 aromatic rings. The van der Waals surface area contributed by atoms with Gasteiger partial charge in [-0.15, -0.1) is 0 Å². The molecule has 5 heteroatoms. The van der Waals surface area contributed by atoms with E-state index >= 15 is 0 Å². The minimum atomic E-state index is -4.11. The standard InChI is InChI=1S/C9H16F3NO/c1-14-8-4-2-3-7(5-8)13-6-9(10,11)12/h7-8,13H,2-6H2,1H3. The fraction of sp³-hybridized carbons (Fsp3) is 1.00. The topological polar surface area (TPSA) is 21.3 Å². The maximum Gasteiger partial charge on any atom is 0.401 e. The van der Waals surface area contributed by atoms with Crippen molar-refractivity contribution >= 4 is 0 Å². The van der Waals surface area contributed by atoms with E-state index in [9.17, 15) is 13.2 Å². The van der Waals surface area contributed by atoms with E-state index in [-0.39, 0.29) is 12.1 Å². The Kier molecular flexibility index (Phi) is 4.19. The molecule has 1 aliphatic rings.